The van der Waals surface area contributed by atoms with Crippen LogP contribution in [-0.2, 0) is 0 Å². The molecule has 3 N–H and O–H groups in total. The molecule has 0 aliphatic heterocycles. The van der Waals surface area contributed by atoms with E-state index in [0.717, 1.165) is 18.6 Å². The summed E-state index contributed by atoms with van der Waals surface area (Å²) in [6, 6.07) is 9.06. The second kappa shape index (κ2) is 6.43. The average molecular weight is 292 g/mol. The highest BCUT2D eigenvalue weighted by Gasteiger charge is 2.09. The summed E-state index contributed by atoms with van der Waals surface area (Å²) in [5.74, 6) is -0.787. The Balaban J connectivity index is 2.22. The van der Waals surface area contributed by atoms with Crippen LogP contribution in [0.15, 0.2) is 36.4 Å². The summed E-state index contributed by atoms with van der Waals surface area (Å²) in [5, 5.41) is 2.90. The first-order valence-corrected chi connectivity index (χ1v) is 6.78. The summed E-state index contributed by atoms with van der Waals surface area (Å²) in [6.45, 7) is 4.00. The number of nitrogens with one attached hydrogen (secondary N) is 1. The molecule has 2 aromatic carbocycles. The van der Waals surface area contributed by atoms with E-state index in [2.05, 4.69) is 5.32 Å². The lowest BCUT2D eigenvalue weighted by Crippen LogP contribution is -2.09. The summed E-state index contributed by atoms with van der Waals surface area (Å²) in [4.78, 5) is 0. The summed E-state index contributed by atoms with van der Waals surface area (Å²) >= 11 is 0. The number of nitrogens with two attached hydrogens (primary N) is 1. The van der Waals surface area contributed by atoms with Crippen LogP contribution in [-0.4, -0.2) is 6.10 Å². The van der Waals surface area contributed by atoms with Crippen molar-refractivity contribution in [1.82, 2.24) is 0 Å². The van der Waals surface area contributed by atoms with Crippen LogP contribution in [0.1, 0.15) is 20.3 Å². The summed E-state index contributed by atoms with van der Waals surface area (Å²) < 4.78 is 32.4. The van der Waals surface area contributed by atoms with Gasteiger partial charge in [0.2, 0.25) is 0 Å². The molecule has 0 saturated carbocycles. The van der Waals surface area contributed by atoms with Gasteiger partial charge in [-0.25, -0.2) is 8.78 Å². The molecule has 0 saturated heterocycles. The quantitative estimate of drug-likeness (QED) is 0.799. The van der Waals surface area contributed by atoms with Crippen molar-refractivity contribution in [3.63, 3.8) is 0 Å². The SMILES string of the molecule is CCC(C)Oc1cccc(Nc2cc(F)cc(F)c2N)c1. The van der Waals surface area contributed by atoms with E-state index in [-0.39, 0.29) is 17.5 Å². The Kier molecular flexibility index (Phi) is 4.62. The van der Waals surface area contributed by atoms with Gasteiger partial charge in [-0.3, -0.25) is 0 Å². The van der Waals surface area contributed by atoms with Crippen molar-refractivity contribution < 1.29 is 13.5 Å². The first-order valence-electron chi connectivity index (χ1n) is 6.78. The molecule has 0 spiro atoms. The van der Waals surface area contributed by atoms with E-state index in [1.165, 1.54) is 0 Å². The summed E-state index contributed by atoms with van der Waals surface area (Å²) in [6.07, 6.45) is 0.983. The van der Waals surface area contributed by atoms with Crippen molar-refractivity contribution in [2.45, 2.75) is 26.4 Å². The second-order valence-electron chi connectivity index (χ2n) is 4.84. The third-order valence-corrected chi connectivity index (χ3v) is 3.12. The van der Waals surface area contributed by atoms with Crippen molar-refractivity contribution in [2.75, 3.05) is 11.1 Å². The van der Waals surface area contributed by atoms with Crippen molar-refractivity contribution in [1.29, 1.82) is 0 Å². The molecular weight excluding hydrogens is 274 g/mol. The highest BCUT2D eigenvalue weighted by molar-refractivity contribution is 5.73. The minimum absolute atomic E-state index is 0.0944. The fourth-order valence-corrected chi connectivity index (χ4v) is 1.81. The van der Waals surface area contributed by atoms with E-state index in [0.29, 0.717) is 11.4 Å². The standard InChI is InChI=1S/C16H18F2N2O/c1-3-10(2)21-13-6-4-5-12(9-13)20-15-8-11(17)7-14(18)16(15)19/h4-10,20H,3,19H2,1-2H3. The largest absolute Gasteiger partial charge is 0.491 e. The van der Waals surface area contributed by atoms with Crippen molar-refractivity contribution >= 4 is 17.1 Å². The zero-order valence-electron chi connectivity index (χ0n) is 12.0. The Labute approximate surface area is 122 Å². The highest BCUT2D eigenvalue weighted by atomic mass is 19.1. The van der Waals surface area contributed by atoms with E-state index in [9.17, 15) is 8.78 Å². The smallest absolute Gasteiger partial charge is 0.151 e. The molecule has 112 valence electrons. The first kappa shape index (κ1) is 15.1. The van der Waals surface area contributed by atoms with Crippen LogP contribution < -0.4 is 15.8 Å². The minimum atomic E-state index is -0.787. The topological polar surface area (TPSA) is 47.3 Å². The average Bonchev–Trinajstić information content (AvgIpc) is 2.44. The maximum atomic E-state index is 13.4. The molecule has 0 fully saturated rings. The predicted octanol–water partition coefficient (Wildman–Crippen LogP) is 4.47. The number of nitrogen functional groups attached to an aromatic ring is 1. The van der Waals surface area contributed by atoms with Crippen LogP contribution in [0.25, 0.3) is 0 Å². The third kappa shape index (κ3) is 3.84. The van der Waals surface area contributed by atoms with E-state index in [4.69, 9.17) is 10.5 Å². The molecule has 0 aromatic heterocycles. The Hall–Kier alpha value is -2.30. The highest BCUT2D eigenvalue weighted by Crippen LogP contribution is 2.28. The Morgan fingerprint density at radius 2 is 2.00 bits per heavy atom. The lowest BCUT2D eigenvalue weighted by atomic mass is 10.2. The number of hydrogen-bond acceptors (Lipinski definition) is 3. The number of anilines is 3. The lowest BCUT2D eigenvalue weighted by molar-refractivity contribution is 0.217. The maximum absolute atomic E-state index is 13.4. The van der Waals surface area contributed by atoms with Gasteiger partial charge in [-0.15, -0.1) is 0 Å². The third-order valence-electron chi connectivity index (χ3n) is 3.12. The number of rotatable bonds is 5. The van der Waals surface area contributed by atoms with E-state index >= 15 is 0 Å². The zero-order valence-corrected chi connectivity index (χ0v) is 12.0. The van der Waals surface area contributed by atoms with Gasteiger partial charge in [0.25, 0.3) is 0 Å². The molecule has 21 heavy (non-hydrogen) atoms. The Morgan fingerprint density at radius 3 is 2.71 bits per heavy atom. The van der Waals surface area contributed by atoms with Crippen LogP contribution in [0.4, 0.5) is 25.8 Å². The molecule has 0 radical (unpaired) electrons. The number of benzene rings is 2. The van der Waals surface area contributed by atoms with E-state index in [1.807, 2.05) is 19.9 Å². The van der Waals surface area contributed by atoms with Crippen LogP contribution in [0.2, 0.25) is 0 Å². The molecule has 0 heterocycles. The molecule has 1 unspecified atom stereocenters. The molecule has 5 heteroatoms. The lowest BCUT2D eigenvalue weighted by Gasteiger charge is -2.15. The first-order chi connectivity index (χ1) is 9.99. The molecule has 3 nitrogen and oxygen atoms in total. The van der Waals surface area contributed by atoms with E-state index < -0.39 is 11.6 Å². The van der Waals surface area contributed by atoms with Gasteiger partial charge in [-0.05, 0) is 31.5 Å². The monoisotopic (exact) mass is 292 g/mol. The van der Waals surface area contributed by atoms with Gasteiger partial charge < -0.3 is 15.8 Å². The molecule has 0 aliphatic rings. The molecule has 0 bridgehead atoms. The minimum Gasteiger partial charge on any atom is -0.491 e. The number of halogens is 2. The fraction of sp³-hybridized carbons (Fsp3) is 0.250. The van der Waals surface area contributed by atoms with Crippen molar-refractivity contribution in [2.24, 2.45) is 0 Å². The van der Waals surface area contributed by atoms with Gasteiger partial charge in [0.15, 0.2) is 5.82 Å². The van der Waals surface area contributed by atoms with Gasteiger partial charge in [0, 0.05) is 17.8 Å². The van der Waals surface area contributed by atoms with Gasteiger partial charge in [-0.2, -0.15) is 0 Å². The Morgan fingerprint density at radius 1 is 1.24 bits per heavy atom. The molecule has 0 aliphatic carbocycles. The van der Waals surface area contributed by atoms with Crippen molar-refractivity contribution in [3.05, 3.63) is 48.0 Å². The van der Waals surface area contributed by atoms with Crippen molar-refractivity contribution in [3.8, 4) is 5.75 Å². The van der Waals surface area contributed by atoms with Gasteiger partial charge in [0.05, 0.1) is 17.5 Å². The maximum Gasteiger partial charge on any atom is 0.151 e. The summed E-state index contributed by atoms with van der Waals surface area (Å²) in [5.41, 5.74) is 6.32. The normalized spacial score (nSPS) is 12.0. The molecular formula is C16H18F2N2O. The second-order valence-corrected chi connectivity index (χ2v) is 4.84. The van der Waals surface area contributed by atoms with Gasteiger partial charge in [-0.1, -0.05) is 13.0 Å². The Bertz CT molecular complexity index is 632. The van der Waals surface area contributed by atoms with Gasteiger partial charge >= 0.3 is 0 Å². The molecule has 2 rings (SSSR count). The molecule has 2 aromatic rings. The zero-order chi connectivity index (χ0) is 15.4. The van der Waals surface area contributed by atoms with Crippen LogP contribution in [0, 0.1) is 11.6 Å². The molecule has 0 amide bonds. The van der Waals surface area contributed by atoms with Crippen LogP contribution in [0.3, 0.4) is 0 Å². The van der Waals surface area contributed by atoms with Crippen LogP contribution >= 0.6 is 0 Å². The van der Waals surface area contributed by atoms with Crippen LogP contribution in [0.5, 0.6) is 5.75 Å². The van der Waals surface area contributed by atoms with Gasteiger partial charge in [0.1, 0.15) is 11.6 Å². The number of hydrogen-bond donors (Lipinski definition) is 2. The fourth-order valence-electron chi connectivity index (χ4n) is 1.81. The number of ether oxygens (including phenoxy) is 1. The predicted molar refractivity (Wildman–Crippen MR) is 80.9 cm³/mol. The molecule has 1 atom stereocenters. The summed E-state index contributed by atoms with van der Waals surface area (Å²) in [7, 11) is 0. The van der Waals surface area contributed by atoms with E-state index in [1.54, 1.807) is 18.2 Å².